The highest BCUT2D eigenvalue weighted by Crippen LogP contribution is 2.40. The lowest BCUT2D eigenvalue weighted by Gasteiger charge is -2.52. The van der Waals surface area contributed by atoms with Gasteiger partial charge in [-0.05, 0) is 36.5 Å². The van der Waals surface area contributed by atoms with Crippen LogP contribution in [-0.4, -0.2) is 72.4 Å². The van der Waals surface area contributed by atoms with Gasteiger partial charge >= 0.3 is 0 Å². The van der Waals surface area contributed by atoms with Gasteiger partial charge in [0.15, 0.2) is 0 Å². The molecule has 1 aromatic carbocycles. The van der Waals surface area contributed by atoms with Crippen molar-refractivity contribution in [1.82, 2.24) is 9.80 Å². The van der Waals surface area contributed by atoms with Gasteiger partial charge in [0.25, 0.3) is 0 Å². The predicted molar refractivity (Wildman–Crippen MR) is 117 cm³/mol. The Labute approximate surface area is 184 Å². The molecule has 0 radical (unpaired) electrons. The minimum Gasteiger partial charge on any atom is -0.394 e. The number of nitrogens with zero attached hydrogens (tertiary/aromatic N) is 3. The van der Waals surface area contributed by atoms with Crippen LogP contribution in [0.3, 0.4) is 0 Å². The van der Waals surface area contributed by atoms with Crippen LogP contribution in [0.15, 0.2) is 24.3 Å². The van der Waals surface area contributed by atoms with Gasteiger partial charge in [-0.2, -0.15) is 5.26 Å². The molecule has 0 unspecified atom stereocenters. The Morgan fingerprint density at radius 1 is 1.16 bits per heavy atom. The van der Waals surface area contributed by atoms with Gasteiger partial charge in [-0.1, -0.05) is 36.8 Å². The van der Waals surface area contributed by atoms with Crippen molar-refractivity contribution in [2.24, 2.45) is 5.92 Å². The lowest BCUT2D eigenvalue weighted by Crippen LogP contribution is -2.66. The molecule has 2 aliphatic heterocycles. The largest absolute Gasteiger partial charge is 0.394 e. The van der Waals surface area contributed by atoms with E-state index in [0.717, 1.165) is 23.5 Å². The molecule has 1 saturated carbocycles. The molecule has 1 aromatic rings. The van der Waals surface area contributed by atoms with E-state index in [2.05, 4.69) is 17.9 Å². The second kappa shape index (κ2) is 10.3. The zero-order chi connectivity index (χ0) is 21.6. The summed E-state index contributed by atoms with van der Waals surface area (Å²) >= 11 is 0. The fourth-order valence-corrected chi connectivity index (χ4v) is 5.08. The molecule has 31 heavy (non-hydrogen) atoms. The molecule has 1 amide bonds. The number of hydrogen-bond acceptors (Lipinski definition) is 5. The van der Waals surface area contributed by atoms with Gasteiger partial charge in [0.05, 0.1) is 38.5 Å². The summed E-state index contributed by atoms with van der Waals surface area (Å²) in [6, 6.07) is 9.31. The monoisotopic (exact) mass is 421 g/mol. The molecular weight excluding hydrogens is 390 g/mol. The number of carbonyl (C=O) groups is 1. The van der Waals surface area contributed by atoms with E-state index in [0.29, 0.717) is 26.3 Å². The number of amides is 1. The number of aliphatic hydroxyl groups excluding tert-OH is 1. The molecule has 0 bridgehead atoms. The number of morpholine rings is 1. The van der Waals surface area contributed by atoms with Gasteiger partial charge in [0.1, 0.15) is 6.04 Å². The van der Waals surface area contributed by atoms with Crippen molar-refractivity contribution < 1.29 is 14.6 Å². The number of likely N-dealkylation sites (tertiary alicyclic amines) is 1. The van der Waals surface area contributed by atoms with Crippen LogP contribution in [0.5, 0.6) is 0 Å². The Bertz CT molecular complexity index is 855. The molecule has 0 aromatic heterocycles. The number of rotatable bonds is 5. The zero-order valence-electron chi connectivity index (χ0n) is 18.0. The summed E-state index contributed by atoms with van der Waals surface area (Å²) in [5.41, 5.74) is 1.94. The molecule has 0 spiro atoms. The van der Waals surface area contributed by atoms with Crippen molar-refractivity contribution >= 4 is 5.91 Å². The Hall–Kier alpha value is -2.38. The number of ether oxygens (including phenoxy) is 1. The molecular formula is C25H31N3O3. The number of nitriles is 1. The minimum atomic E-state index is -0.551. The molecule has 2 saturated heterocycles. The van der Waals surface area contributed by atoms with Crippen molar-refractivity contribution in [2.45, 2.75) is 50.1 Å². The Morgan fingerprint density at radius 2 is 1.87 bits per heavy atom. The molecule has 6 nitrogen and oxygen atoms in total. The molecule has 2 heterocycles. The molecule has 1 N–H and O–H groups in total. The first kappa shape index (κ1) is 21.8. The summed E-state index contributed by atoms with van der Waals surface area (Å²) in [5.74, 6) is 7.04. The van der Waals surface area contributed by atoms with E-state index in [-0.39, 0.29) is 31.0 Å². The summed E-state index contributed by atoms with van der Waals surface area (Å²) in [7, 11) is 0. The van der Waals surface area contributed by atoms with E-state index in [1.807, 2.05) is 29.2 Å². The van der Waals surface area contributed by atoms with Crippen molar-refractivity contribution in [3.8, 4) is 17.9 Å². The van der Waals surface area contributed by atoms with E-state index in [4.69, 9.17) is 4.74 Å². The van der Waals surface area contributed by atoms with Crippen LogP contribution in [0.25, 0.3) is 0 Å². The lowest BCUT2D eigenvalue weighted by atomic mass is 9.75. The summed E-state index contributed by atoms with van der Waals surface area (Å²) in [6.07, 6.45) is 6.23. The summed E-state index contributed by atoms with van der Waals surface area (Å²) in [4.78, 5) is 16.5. The average Bonchev–Trinajstić information content (AvgIpc) is 3.29. The molecule has 3 aliphatic rings. The van der Waals surface area contributed by atoms with Crippen molar-refractivity contribution in [3.63, 3.8) is 0 Å². The van der Waals surface area contributed by atoms with Gasteiger partial charge in [-0.15, -0.1) is 0 Å². The zero-order valence-corrected chi connectivity index (χ0v) is 18.0. The van der Waals surface area contributed by atoms with Crippen LogP contribution in [0, 0.1) is 29.1 Å². The van der Waals surface area contributed by atoms with Crippen LogP contribution in [0.1, 0.15) is 49.1 Å². The molecule has 6 heteroatoms. The van der Waals surface area contributed by atoms with Gasteiger partial charge < -0.3 is 14.7 Å². The second-order valence-corrected chi connectivity index (χ2v) is 8.82. The van der Waals surface area contributed by atoms with Crippen LogP contribution in [-0.2, 0) is 9.53 Å². The maximum Gasteiger partial charge on any atom is 0.238 e. The smallest absolute Gasteiger partial charge is 0.238 e. The third-order valence-electron chi connectivity index (χ3n) is 6.88. The first-order chi connectivity index (χ1) is 15.2. The van der Waals surface area contributed by atoms with Crippen molar-refractivity contribution in [2.75, 3.05) is 39.5 Å². The fraction of sp³-hybridized carbons (Fsp3) is 0.600. The predicted octanol–water partition coefficient (Wildman–Crippen LogP) is 2.13. The Morgan fingerprint density at radius 3 is 2.52 bits per heavy atom. The average molecular weight is 422 g/mol. The highest BCUT2D eigenvalue weighted by Gasteiger charge is 2.51. The second-order valence-electron chi connectivity index (χ2n) is 8.82. The van der Waals surface area contributed by atoms with E-state index >= 15 is 0 Å². The quantitative estimate of drug-likeness (QED) is 0.737. The Balaban J connectivity index is 1.39. The first-order valence-corrected chi connectivity index (χ1v) is 11.4. The lowest BCUT2D eigenvalue weighted by molar-refractivity contribution is -0.149. The van der Waals surface area contributed by atoms with Crippen LogP contribution < -0.4 is 0 Å². The van der Waals surface area contributed by atoms with Gasteiger partial charge in [0.2, 0.25) is 5.91 Å². The van der Waals surface area contributed by atoms with E-state index in [1.165, 1.54) is 25.7 Å². The standard InChI is InChI=1S/C25H31N3O3/c26-16-22-25(23(18-29)28(22)24(30)17-27-12-14-31-15-13-27)21-10-8-20(9-11-21)7-3-6-19-4-1-2-5-19/h8-11,19,22-23,25,29H,1-2,4-6,12-15,17-18H2/t22-,23+,25+/m1/s1. The minimum absolute atomic E-state index is 0.0989. The molecule has 3 atom stereocenters. The van der Waals surface area contributed by atoms with Crippen molar-refractivity contribution in [3.05, 3.63) is 35.4 Å². The van der Waals surface area contributed by atoms with E-state index in [9.17, 15) is 15.2 Å². The molecule has 1 aliphatic carbocycles. The maximum absolute atomic E-state index is 12.9. The van der Waals surface area contributed by atoms with Crippen molar-refractivity contribution in [1.29, 1.82) is 5.26 Å². The summed E-state index contributed by atoms with van der Waals surface area (Å²) in [5, 5.41) is 19.7. The van der Waals surface area contributed by atoms with Crippen LogP contribution in [0.4, 0.5) is 0 Å². The fourth-order valence-electron chi connectivity index (χ4n) is 5.08. The topological polar surface area (TPSA) is 76.8 Å². The SMILES string of the molecule is N#C[C@@H]1[C@H](c2ccc(C#CCC3CCCC3)cc2)[C@H](CO)N1C(=O)CN1CCOCC1. The summed E-state index contributed by atoms with van der Waals surface area (Å²) in [6.45, 7) is 2.79. The number of aliphatic hydroxyl groups is 1. The first-order valence-electron chi connectivity index (χ1n) is 11.4. The molecule has 164 valence electrons. The normalized spacial score (nSPS) is 26.6. The number of hydrogen-bond donors (Lipinski definition) is 1. The van der Waals surface area contributed by atoms with Crippen LogP contribution >= 0.6 is 0 Å². The molecule has 3 fully saturated rings. The van der Waals surface area contributed by atoms with E-state index < -0.39 is 6.04 Å². The van der Waals surface area contributed by atoms with Gasteiger partial charge in [-0.3, -0.25) is 9.69 Å². The van der Waals surface area contributed by atoms with E-state index in [1.54, 1.807) is 4.90 Å². The highest BCUT2D eigenvalue weighted by atomic mass is 16.5. The summed E-state index contributed by atoms with van der Waals surface area (Å²) < 4.78 is 5.33. The highest BCUT2D eigenvalue weighted by molar-refractivity contribution is 5.81. The molecule has 4 rings (SSSR count). The maximum atomic E-state index is 12.9. The van der Waals surface area contributed by atoms with Crippen LogP contribution in [0.2, 0.25) is 0 Å². The third-order valence-corrected chi connectivity index (χ3v) is 6.88. The third kappa shape index (κ3) is 4.93. The number of carbonyl (C=O) groups excluding carboxylic acids is 1. The van der Waals surface area contributed by atoms with Gasteiger partial charge in [0, 0.05) is 31.0 Å². The van der Waals surface area contributed by atoms with Gasteiger partial charge in [-0.25, -0.2) is 0 Å². The Kier molecular flexibility index (Phi) is 7.25. The number of benzene rings is 1.